The molecule has 92 valence electrons. The maximum Gasteiger partial charge on any atom is 0.280 e. The largest absolute Gasteiger partial charge is 0.508 e. The fourth-order valence-corrected chi connectivity index (χ4v) is 1.45. The number of nitrogens with zero attached hydrogens (tertiary/aromatic N) is 1. The number of phenolic OH excluding ortho intramolecular Hbond substituents is 1. The molecule has 0 radical (unpaired) electrons. The van der Waals surface area contributed by atoms with Crippen LogP contribution in [0.5, 0.6) is 5.75 Å². The molecule has 0 saturated carbocycles. The lowest BCUT2D eigenvalue weighted by Gasteiger charge is -2.20. The summed E-state index contributed by atoms with van der Waals surface area (Å²) in [6.45, 7) is 5.82. The van der Waals surface area contributed by atoms with Crippen LogP contribution in [-0.4, -0.2) is 17.0 Å². The molecule has 0 aliphatic heterocycles. The van der Waals surface area contributed by atoms with E-state index in [1.807, 2.05) is 20.8 Å². The normalized spacial score (nSPS) is 11.0. The molecule has 5 nitrogen and oxygen atoms in total. The van der Waals surface area contributed by atoms with Crippen molar-refractivity contribution in [2.24, 2.45) is 16.5 Å². The summed E-state index contributed by atoms with van der Waals surface area (Å²) in [7, 11) is 0. The van der Waals surface area contributed by atoms with Crippen LogP contribution in [0.3, 0.4) is 0 Å². The Morgan fingerprint density at radius 3 is 2.35 bits per heavy atom. The molecule has 0 saturated heterocycles. The molecule has 5 heteroatoms. The lowest BCUT2D eigenvalue weighted by molar-refractivity contribution is 0.100. The van der Waals surface area contributed by atoms with Gasteiger partial charge in [0.05, 0.1) is 0 Å². The van der Waals surface area contributed by atoms with Crippen LogP contribution in [0.1, 0.15) is 36.7 Å². The number of amides is 1. The molecule has 0 fully saturated rings. The van der Waals surface area contributed by atoms with Gasteiger partial charge in [-0.1, -0.05) is 20.8 Å². The van der Waals surface area contributed by atoms with Crippen molar-refractivity contribution in [3.05, 3.63) is 29.3 Å². The van der Waals surface area contributed by atoms with Gasteiger partial charge in [-0.2, -0.15) is 4.99 Å². The molecule has 1 aromatic rings. The SMILES string of the molecule is CC(C)(C)c1cc(C(=O)N=C(N)N)ccc1O. The topological polar surface area (TPSA) is 102 Å². The molecule has 1 rings (SSSR count). The van der Waals surface area contributed by atoms with Crippen molar-refractivity contribution in [2.75, 3.05) is 0 Å². The average molecular weight is 235 g/mol. The summed E-state index contributed by atoms with van der Waals surface area (Å²) >= 11 is 0. The zero-order valence-electron chi connectivity index (χ0n) is 10.2. The van der Waals surface area contributed by atoms with E-state index in [1.165, 1.54) is 12.1 Å². The van der Waals surface area contributed by atoms with Gasteiger partial charge in [0.25, 0.3) is 5.91 Å². The first kappa shape index (κ1) is 13.0. The zero-order chi connectivity index (χ0) is 13.2. The third-order valence-corrected chi connectivity index (χ3v) is 2.28. The summed E-state index contributed by atoms with van der Waals surface area (Å²) in [6.07, 6.45) is 0. The van der Waals surface area contributed by atoms with E-state index in [2.05, 4.69) is 4.99 Å². The van der Waals surface area contributed by atoms with E-state index >= 15 is 0 Å². The molecule has 0 aliphatic carbocycles. The summed E-state index contributed by atoms with van der Waals surface area (Å²) < 4.78 is 0. The number of carbonyl (C=O) groups excluding carboxylic acids is 1. The van der Waals surface area contributed by atoms with E-state index in [4.69, 9.17) is 11.5 Å². The first-order chi connectivity index (χ1) is 7.71. The van der Waals surface area contributed by atoms with Crippen LogP contribution in [0.15, 0.2) is 23.2 Å². The number of phenols is 1. The van der Waals surface area contributed by atoms with E-state index in [1.54, 1.807) is 6.07 Å². The minimum atomic E-state index is -0.518. The number of aromatic hydroxyl groups is 1. The Kier molecular flexibility index (Phi) is 3.41. The average Bonchev–Trinajstić information content (AvgIpc) is 2.15. The third kappa shape index (κ3) is 3.21. The Bertz CT molecular complexity index is 469. The molecule has 0 aromatic heterocycles. The van der Waals surface area contributed by atoms with E-state index in [9.17, 15) is 9.90 Å². The number of carbonyl (C=O) groups is 1. The van der Waals surface area contributed by atoms with Gasteiger partial charge in [0, 0.05) is 11.1 Å². The number of benzene rings is 1. The first-order valence-electron chi connectivity index (χ1n) is 5.19. The Hall–Kier alpha value is -2.04. The van der Waals surface area contributed by atoms with E-state index in [0.717, 1.165) is 0 Å². The highest BCUT2D eigenvalue weighted by molar-refractivity contribution is 6.02. The molecule has 0 spiro atoms. The standard InChI is InChI=1S/C12H17N3O2/c1-12(2,3)8-6-7(4-5-9(8)16)10(17)15-11(13)14/h4-6,16H,1-3H3,(H4,13,14,15,17). The van der Waals surface area contributed by atoms with Crippen molar-refractivity contribution in [2.45, 2.75) is 26.2 Å². The van der Waals surface area contributed by atoms with Gasteiger partial charge in [-0.25, -0.2) is 0 Å². The monoisotopic (exact) mass is 235 g/mol. The van der Waals surface area contributed by atoms with Crippen LogP contribution in [0.2, 0.25) is 0 Å². The molecule has 0 atom stereocenters. The molecule has 0 bridgehead atoms. The van der Waals surface area contributed by atoms with E-state index in [0.29, 0.717) is 11.1 Å². The second-order valence-corrected chi connectivity index (χ2v) is 4.82. The van der Waals surface area contributed by atoms with Crippen LogP contribution >= 0.6 is 0 Å². The lowest BCUT2D eigenvalue weighted by atomic mass is 9.85. The molecule has 1 aromatic carbocycles. The number of nitrogens with two attached hydrogens (primary N) is 2. The van der Waals surface area contributed by atoms with Crippen molar-refractivity contribution in [1.29, 1.82) is 0 Å². The van der Waals surface area contributed by atoms with Crippen molar-refractivity contribution in [1.82, 2.24) is 0 Å². The van der Waals surface area contributed by atoms with E-state index < -0.39 is 5.91 Å². The summed E-state index contributed by atoms with van der Waals surface area (Å²) in [5.74, 6) is -0.644. The fourth-order valence-electron chi connectivity index (χ4n) is 1.45. The van der Waals surface area contributed by atoms with Gasteiger partial charge >= 0.3 is 0 Å². The molecule has 0 aliphatic rings. The number of aliphatic imine (C=N–C) groups is 1. The smallest absolute Gasteiger partial charge is 0.280 e. The summed E-state index contributed by atoms with van der Waals surface area (Å²) in [6, 6.07) is 4.56. The third-order valence-electron chi connectivity index (χ3n) is 2.28. The highest BCUT2D eigenvalue weighted by Crippen LogP contribution is 2.31. The minimum Gasteiger partial charge on any atom is -0.508 e. The predicted octanol–water partition coefficient (Wildman–Crippen LogP) is 1.10. The number of rotatable bonds is 1. The maximum atomic E-state index is 11.6. The second kappa shape index (κ2) is 4.45. The molecule has 17 heavy (non-hydrogen) atoms. The van der Waals surface area contributed by atoms with Crippen molar-refractivity contribution < 1.29 is 9.90 Å². The van der Waals surface area contributed by atoms with Gasteiger partial charge in [0.2, 0.25) is 0 Å². The summed E-state index contributed by atoms with van der Waals surface area (Å²) in [5.41, 5.74) is 11.0. The number of hydrogen-bond acceptors (Lipinski definition) is 2. The zero-order valence-corrected chi connectivity index (χ0v) is 10.2. The highest BCUT2D eigenvalue weighted by atomic mass is 16.3. The fraction of sp³-hybridized carbons (Fsp3) is 0.333. The molecular weight excluding hydrogens is 218 g/mol. The quantitative estimate of drug-likeness (QED) is 0.501. The van der Waals surface area contributed by atoms with E-state index in [-0.39, 0.29) is 17.1 Å². The van der Waals surface area contributed by atoms with Gasteiger partial charge < -0.3 is 16.6 Å². The van der Waals surface area contributed by atoms with Crippen LogP contribution in [-0.2, 0) is 5.41 Å². The van der Waals surface area contributed by atoms with Gasteiger partial charge in [-0.3, -0.25) is 4.79 Å². The second-order valence-electron chi connectivity index (χ2n) is 4.82. The molecule has 5 N–H and O–H groups in total. The lowest BCUT2D eigenvalue weighted by Crippen LogP contribution is -2.24. The predicted molar refractivity (Wildman–Crippen MR) is 66.9 cm³/mol. The van der Waals surface area contributed by atoms with Crippen LogP contribution in [0.4, 0.5) is 0 Å². The minimum absolute atomic E-state index is 0.152. The van der Waals surface area contributed by atoms with Gasteiger partial charge in [-0.15, -0.1) is 0 Å². The van der Waals surface area contributed by atoms with Crippen LogP contribution < -0.4 is 11.5 Å². The number of guanidine groups is 1. The molecule has 1 amide bonds. The van der Waals surface area contributed by atoms with Gasteiger partial charge in [-0.05, 0) is 23.6 Å². The van der Waals surface area contributed by atoms with Crippen molar-refractivity contribution in [3.63, 3.8) is 0 Å². The Labute approximate surface area is 100 Å². The molecular formula is C12H17N3O2. The summed E-state index contributed by atoms with van der Waals surface area (Å²) in [4.78, 5) is 15.1. The Morgan fingerprint density at radius 2 is 1.88 bits per heavy atom. The van der Waals surface area contributed by atoms with Crippen LogP contribution in [0.25, 0.3) is 0 Å². The van der Waals surface area contributed by atoms with Gasteiger partial charge in [0.15, 0.2) is 5.96 Å². The maximum absolute atomic E-state index is 11.6. The van der Waals surface area contributed by atoms with Crippen molar-refractivity contribution in [3.8, 4) is 5.75 Å². The molecule has 0 heterocycles. The number of hydrogen-bond donors (Lipinski definition) is 3. The Balaban J connectivity index is 3.23. The first-order valence-corrected chi connectivity index (χ1v) is 5.19. The Morgan fingerprint density at radius 1 is 1.29 bits per heavy atom. The summed E-state index contributed by atoms with van der Waals surface area (Å²) in [5, 5.41) is 9.74. The van der Waals surface area contributed by atoms with Gasteiger partial charge in [0.1, 0.15) is 5.75 Å². The highest BCUT2D eigenvalue weighted by Gasteiger charge is 2.19. The molecule has 0 unspecified atom stereocenters. The van der Waals surface area contributed by atoms with Crippen LogP contribution in [0, 0.1) is 0 Å². The van der Waals surface area contributed by atoms with Crippen molar-refractivity contribution >= 4 is 11.9 Å².